The van der Waals surface area contributed by atoms with E-state index in [0.717, 1.165) is 5.69 Å². The number of carbonyl (C=O) groups excluding carboxylic acids is 1. The van der Waals surface area contributed by atoms with Crippen molar-refractivity contribution in [1.29, 1.82) is 0 Å². The Morgan fingerprint density at radius 2 is 1.68 bits per heavy atom. The summed E-state index contributed by atoms with van der Waals surface area (Å²) in [6.45, 7) is 0. The lowest BCUT2D eigenvalue weighted by Crippen LogP contribution is -2.56. The molecule has 1 atom stereocenters. The predicted octanol–water partition coefficient (Wildman–Crippen LogP) is 4.75. The van der Waals surface area contributed by atoms with Crippen molar-refractivity contribution in [2.45, 2.75) is 9.96 Å². The quantitative estimate of drug-likeness (QED) is 0.367. The van der Waals surface area contributed by atoms with Crippen LogP contribution in [0.1, 0.15) is 10.4 Å². The molecule has 0 bridgehead atoms. The number of nitrogens with one attached hydrogen (secondary N) is 3. The van der Waals surface area contributed by atoms with Crippen LogP contribution in [0.25, 0.3) is 0 Å². The van der Waals surface area contributed by atoms with Crippen molar-refractivity contribution in [3.05, 3.63) is 65.2 Å². The van der Waals surface area contributed by atoms with Crippen LogP contribution in [0.3, 0.4) is 0 Å². The molecule has 0 unspecified atom stereocenters. The van der Waals surface area contributed by atoms with Crippen molar-refractivity contribution in [3.63, 3.8) is 0 Å². The molecule has 4 nitrogen and oxygen atoms in total. The van der Waals surface area contributed by atoms with Crippen LogP contribution in [-0.2, 0) is 0 Å². The van der Waals surface area contributed by atoms with Crippen LogP contribution in [0.15, 0.2) is 54.6 Å². The molecule has 132 valence electrons. The molecule has 0 aliphatic rings. The summed E-state index contributed by atoms with van der Waals surface area (Å²) in [7, 11) is 0. The number of anilines is 1. The van der Waals surface area contributed by atoms with Crippen molar-refractivity contribution in [2.75, 3.05) is 5.32 Å². The molecule has 0 saturated carbocycles. The first-order valence-corrected chi connectivity index (χ1v) is 8.93. The van der Waals surface area contributed by atoms with Crippen molar-refractivity contribution < 1.29 is 4.79 Å². The highest BCUT2D eigenvalue weighted by Gasteiger charge is 2.34. The second-order valence-electron chi connectivity index (χ2n) is 4.92. The normalized spacial score (nSPS) is 12.2. The van der Waals surface area contributed by atoms with Crippen LogP contribution in [0.5, 0.6) is 0 Å². The summed E-state index contributed by atoms with van der Waals surface area (Å²) >= 11 is 28.9. The van der Waals surface area contributed by atoms with E-state index in [2.05, 4.69) is 16.0 Å². The Labute approximate surface area is 170 Å². The average molecular weight is 437 g/mol. The monoisotopic (exact) mass is 435 g/mol. The largest absolute Gasteiger partial charge is 0.339 e. The van der Waals surface area contributed by atoms with Crippen LogP contribution in [-0.4, -0.2) is 21.0 Å². The van der Waals surface area contributed by atoms with E-state index >= 15 is 0 Å². The third-order valence-electron chi connectivity index (χ3n) is 3.00. The van der Waals surface area contributed by atoms with Gasteiger partial charge in [0.2, 0.25) is 3.79 Å². The van der Waals surface area contributed by atoms with E-state index in [9.17, 15) is 4.79 Å². The van der Waals surface area contributed by atoms with Gasteiger partial charge in [0.05, 0.1) is 0 Å². The maximum absolute atomic E-state index is 12.3. The Morgan fingerprint density at radius 1 is 1.00 bits per heavy atom. The zero-order chi connectivity index (χ0) is 18.4. The first-order chi connectivity index (χ1) is 11.8. The number of rotatable bonds is 4. The van der Waals surface area contributed by atoms with Crippen LogP contribution < -0.4 is 16.0 Å². The molecule has 0 saturated heterocycles. The fourth-order valence-electron chi connectivity index (χ4n) is 1.86. The number of halogens is 4. The lowest BCUT2D eigenvalue weighted by molar-refractivity contribution is 0.0934. The molecule has 25 heavy (non-hydrogen) atoms. The zero-order valence-corrected chi connectivity index (χ0v) is 16.4. The maximum atomic E-state index is 12.3. The summed E-state index contributed by atoms with van der Waals surface area (Å²) in [6, 6.07) is 15.6. The second-order valence-corrected chi connectivity index (χ2v) is 8.14. The number of hydrogen-bond donors (Lipinski definition) is 3. The summed E-state index contributed by atoms with van der Waals surface area (Å²) in [5.41, 5.74) is 1.08. The Bertz CT molecular complexity index is 753. The Morgan fingerprint density at radius 3 is 2.28 bits per heavy atom. The third kappa shape index (κ3) is 6.53. The molecule has 2 aromatic carbocycles. The molecular weight excluding hydrogens is 424 g/mol. The number of alkyl halides is 3. The minimum absolute atomic E-state index is 0.189. The number of thiocarbonyl (C=S) groups is 1. The van der Waals surface area contributed by atoms with Gasteiger partial charge in [-0.05, 0) is 42.5 Å². The molecule has 0 spiro atoms. The highest BCUT2D eigenvalue weighted by molar-refractivity contribution is 7.80. The summed E-state index contributed by atoms with van der Waals surface area (Å²) in [5.74, 6) is -0.464. The summed E-state index contributed by atoms with van der Waals surface area (Å²) < 4.78 is -1.84. The van der Waals surface area contributed by atoms with Crippen molar-refractivity contribution in [2.24, 2.45) is 0 Å². The summed E-state index contributed by atoms with van der Waals surface area (Å²) in [6.07, 6.45) is -1.06. The van der Waals surface area contributed by atoms with Gasteiger partial charge in [-0.15, -0.1) is 0 Å². The van der Waals surface area contributed by atoms with E-state index in [0.29, 0.717) is 10.6 Å². The fraction of sp³-hybridized carbons (Fsp3) is 0.125. The molecule has 0 aliphatic heterocycles. The van der Waals surface area contributed by atoms with Gasteiger partial charge in [-0.2, -0.15) is 0 Å². The lowest BCUT2D eigenvalue weighted by Gasteiger charge is -2.27. The van der Waals surface area contributed by atoms with Crippen LogP contribution in [0.2, 0.25) is 5.02 Å². The maximum Gasteiger partial charge on any atom is 0.253 e. The molecule has 1 amide bonds. The van der Waals surface area contributed by atoms with Crippen LogP contribution in [0, 0.1) is 0 Å². The number of para-hydroxylation sites is 1. The van der Waals surface area contributed by atoms with Crippen molar-refractivity contribution in [3.8, 4) is 0 Å². The van der Waals surface area contributed by atoms with Crippen molar-refractivity contribution in [1.82, 2.24) is 10.6 Å². The molecule has 0 aromatic heterocycles. The Hall–Kier alpha value is -1.24. The van der Waals surface area contributed by atoms with Gasteiger partial charge in [0.25, 0.3) is 5.91 Å². The zero-order valence-electron chi connectivity index (χ0n) is 12.6. The van der Waals surface area contributed by atoms with Crippen molar-refractivity contribution >= 4 is 75.3 Å². The first kappa shape index (κ1) is 20.1. The van der Waals surface area contributed by atoms with Gasteiger partial charge in [-0.1, -0.05) is 70.7 Å². The Kier molecular flexibility index (Phi) is 7.16. The number of carbonyl (C=O) groups is 1. The van der Waals surface area contributed by atoms with Gasteiger partial charge in [0.1, 0.15) is 6.17 Å². The van der Waals surface area contributed by atoms with E-state index in [-0.39, 0.29) is 5.11 Å². The highest BCUT2D eigenvalue weighted by Crippen LogP contribution is 2.29. The fourth-order valence-corrected chi connectivity index (χ4v) is 2.62. The second kappa shape index (κ2) is 8.92. The number of benzene rings is 2. The molecule has 2 aromatic rings. The van der Waals surface area contributed by atoms with E-state index < -0.39 is 15.9 Å². The van der Waals surface area contributed by atoms with Gasteiger partial charge >= 0.3 is 0 Å². The van der Waals surface area contributed by atoms with E-state index in [1.807, 2.05) is 30.3 Å². The molecule has 3 N–H and O–H groups in total. The van der Waals surface area contributed by atoms with E-state index in [1.165, 1.54) is 6.07 Å². The average Bonchev–Trinajstić information content (AvgIpc) is 2.54. The lowest BCUT2D eigenvalue weighted by atomic mass is 10.2. The first-order valence-electron chi connectivity index (χ1n) is 7.01. The molecule has 0 fully saturated rings. The molecule has 0 heterocycles. The van der Waals surface area contributed by atoms with E-state index in [4.69, 9.17) is 58.6 Å². The van der Waals surface area contributed by atoms with Gasteiger partial charge < -0.3 is 16.0 Å². The van der Waals surface area contributed by atoms with Crippen LogP contribution in [0.4, 0.5) is 5.69 Å². The third-order valence-corrected chi connectivity index (χ3v) is 4.11. The standard InChI is InChI=1S/C16H13Cl4N3OS/c17-11-6-4-5-10(9-11)13(24)22-14(16(18,19)20)23-15(25)21-12-7-2-1-3-8-12/h1-9,14H,(H,22,24)(H2,21,23,25)/t14-/m0/s1. The van der Waals surface area contributed by atoms with Gasteiger partial charge in [-0.3, -0.25) is 4.79 Å². The summed E-state index contributed by atoms with van der Waals surface area (Å²) in [5, 5.41) is 8.92. The minimum Gasteiger partial charge on any atom is -0.339 e. The SMILES string of the molecule is O=C(N[C@@H](NC(=S)Nc1ccccc1)C(Cl)(Cl)Cl)c1cccc(Cl)c1. The minimum atomic E-state index is -1.84. The molecule has 9 heteroatoms. The van der Waals surface area contributed by atoms with Gasteiger partial charge in [0, 0.05) is 16.3 Å². The number of amides is 1. The Balaban J connectivity index is 2.06. The predicted molar refractivity (Wildman–Crippen MR) is 109 cm³/mol. The summed E-state index contributed by atoms with van der Waals surface area (Å²) in [4.78, 5) is 12.3. The van der Waals surface area contributed by atoms with Gasteiger partial charge in [0.15, 0.2) is 5.11 Å². The molecule has 0 radical (unpaired) electrons. The molecule has 2 rings (SSSR count). The molecule has 0 aliphatic carbocycles. The van der Waals surface area contributed by atoms with Gasteiger partial charge in [-0.25, -0.2) is 0 Å². The van der Waals surface area contributed by atoms with Crippen LogP contribution >= 0.6 is 58.6 Å². The molecular formula is C16H13Cl4N3OS. The smallest absolute Gasteiger partial charge is 0.253 e. The highest BCUT2D eigenvalue weighted by atomic mass is 35.6. The topological polar surface area (TPSA) is 53.2 Å². The number of hydrogen-bond acceptors (Lipinski definition) is 2. The van der Waals surface area contributed by atoms with E-state index in [1.54, 1.807) is 18.2 Å².